The molecule has 2 N–H and O–H groups in total. The molecule has 4 heteroatoms. The molecule has 0 spiro atoms. The minimum absolute atomic E-state index is 0.966. The summed E-state index contributed by atoms with van der Waals surface area (Å²) in [7, 11) is 1.94. The third-order valence-electron chi connectivity index (χ3n) is 3.42. The van der Waals surface area contributed by atoms with Crippen LogP contribution in [0.15, 0.2) is 47.6 Å². The molecule has 1 heterocycles. The SMILES string of the molecule is C[N+](/N=C/c1ccc2ccccc2c1)=C1NCCCN1. The predicted molar refractivity (Wildman–Crippen MR) is 83.4 cm³/mol. The molecule has 0 radical (unpaired) electrons. The van der Waals surface area contributed by atoms with Crippen molar-refractivity contribution in [3.05, 3.63) is 48.0 Å². The first-order valence-electron chi connectivity index (χ1n) is 6.94. The first kappa shape index (κ1) is 12.7. The van der Waals surface area contributed by atoms with Gasteiger partial charge in [-0.15, -0.1) is 9.79 Å². The van der Waals surface area contributed by atoms with E-state index in [0.717, 1.165) is 31.0 Å². The smallest absolute Gasteiger partial charge is 0.276 e. The molecule has 0 unspecified atom stereocenters. The zero-order chi connectivity index (χ0) is 13.8. The maximum atomic E-state index is 4.47. The van der Waals surface area contributed by atoms with Gasteiger partial charge in [0.2, 0.25) is 0 Å². The lowest BCUT2D eigenvalue weighted by Crippen LogP contribution is -2.48. The van der Waals surface area contributed by atoms with E-state index in [1.165, 1.54) is 10.8 Å². The highest BCUT2D eigenvalue weighted by molar-refractivity contribution is 5.90. The zero-order valence-corrected chi connectivity index (χ0v) is 11.6. The molecule has 1 saturated heterocycles. The number of benzene rings is 2. The molecule has 3 rings (SSSR count). The summed E-state index contributed by atoms with van der Waals surface area (Å²) in [6.07, 6.45) is 3.03. The van der Waals surface area contributed by atoms with E-state index in [-0.39, 0.29) is 0 Å². The number of hydrazone groups is 1. The fourth-order valence-corrected chi connectivity index (χ4v) is 2.29. The van der Waals surface area contributed by atoms with E-state index in [2.05, 4.69) is 58.2 Å². The van der Waals surface area contributed by atoms with Crippen LogP contribution in [-0.4, -0.2) is 37.0 Å². The second-order valence-corrected chi connectivity index (χ2v) is 4.93. The van der Waals surface area contributed by atoms with Crippen molar-refractivity contribution in [3.63, 3.8) is 0 Å². The molecule has 2 aromatic rings. The average molecular weight is 267 g/mol. The largest absolute Gasteiger partial charge is 0.369 e. The molecule has 0 saturated carbocycles. The molecule has 4 nitrogen and oxygen atoms in total. The zero-order valence-electron chi connectivity index (χ0n) is 11.6. The lowest BCUT2D eigenvalue weighted by atomic mass is 10.1. The minimum Gasteiger partial charge on any atom is -0.276 e. The van der Waals surface area contributed by atoms with Crippen molar-refractivity contribution in [2.24, 2.45) is 5.10 Å². The van der Waals surface area contributed by atoms with Crippen molar-refractivity contribution in [2.45, 2.75) is 6.42 Å². The summed E-state index contributed by atoms with van der Waals surface area (Å²) in [5.41, 5.74) is 1.10. The van der Waals surface area contributed by atoms with Gasteiger partial charge >= 0.3 is 5.96 Å². The topological polar surface area (TPSA) is 39.4 Å². The number of guanidine groups is 1. The Balaban J connectivity index is 1.83. The summed E-state index contributed by atoms with van der Waals surface area (Å²) in [5, 5.41) is 13.6. The molecule has 2 aromatic carbocycles. The number of rotatable bonds is 2. The van der Waals surface area contributed by atoms with E-state index in [0.29, 0.717) is 0 Å². The molecule has 0 bridgehead atoms. The van der Waals surface area contributed by atoms with Crippen LogP contribution in [0.2, 0.25) is 0 Å². The van der Waals surface area contributed by atoms with Crippen LogP contribution in [0.1, 0.15) is 12.0 Å². The summed E-state index contributed by atoms with van der Waals surface area (Å²) >= 11 is 0. The molecule has 0 aromatic heterocycles. The lowest BCUT2D eigenvalue weighted by molar-refractivity contribution is -0.506. The third kappa shape index (κ3) is 2.79. The fourth-order valence-electron chi connectivity index (χ4n) is 2.29. The normalized spacial score (nSPS) is 15.2. The Labute approximate surface area is 118 Å². The van der Waals surface area contributed by atoms with Crippen molar-refractivity contribution in [2.75, 3.05) is 20.1 Å². The van der Waals surface area contributed by atoms with Gasteiger partial charge in [0.15, 0.2) is 0 Å². The molecular weight excluding hydrogens is 248 g/mol. The number of nitrogens with zero attached hydrogens (tertiary/aromatic N) is 2. The lowest BCUT2D eigenvalue weighted by Gasteiger charge is -2.12. The van der Waals surface area contributed by atoms with Gasteiger partial charge < -0.3 is 0 Å². The third-order valence-corrected chi connectivity index (χ3v) is 3.42. The van der Waals surface area contributed by atoms with Crippen LogP contribution in [0, 0.1) is 0 Å². The Morgan fingerprint density at radius 1 is 1.05 bits per heavy atom. The highest BCUT2D eigenvalue weighted by atomic mass is 15.4. The van der Waals surface area contributed by atoms with Crippen LogP contribution in [-0.2, 0) is 0 Å². The molecular formula is C16H19N4+. The van der Waals surface area contributed by atoms with E-state index >= 15 is 0 Å². The van der Waals surface area contributed by atoms with Gasteiger partial charge in [-0.25, -0.2) is 0 Å². The second-order valence-electron chi connectivity index (χ2n) is 4.93. The summed E-state index contributed by atoms with van der Waals surface area (Å²) in [6.45, 7) is 2.00. The van der Waals surface area contributed by atoms with Gasteiger partial charge in [0.1, 0.15) is 0 Å². The van der Waals surface area contributed by atoms with Gasteiger partial charge in [0.25, 0.3) is 0 Å². The monoisotopic (exact) mass is 267 g/mol. The summed E-state index contributed by atoms with van der Waals surface area (Å²) in [6, 6.07) is 14.7. The Kier molecular flexibility index (Phi) is 3.63. The van der Waals surface area contributed by atoms with E-state index in [4.69, 9.17) is 0 Å². The predicted octanol–water partition coefficient (Wildman–Crippen LogP) is 1.75. The second kappa shape index (κ2) is 5.74. The van der Waals surface area contributed by atoms with Crippen LogP contribution in [0.4, 0.5) is 0 Å². The van der Waals surface area contributed by atoms with Gasteiger partial charge in [-0.1, -0.05) is 36.4 Å². The highest BCUT2D eigenvalue weighted by Crippen LogP contribution is 2.14. The summed E-state index contributed by atoms with van der Waals surface area (Å²) < 4.78 is 1.84. The van der Waals surface area contributed by atoms with Gasteiger partial charge in [0, 0.05) is 6.42 Å². The molecule has 20 heavy (non-hydrogen) atoms. The number of fused-ring (bicyclic) bond motifs is 1. The van der Waals surface area contributed by atoms with E-state index in [1.54, 1.807) is 0 Å². The maximum Gasteiger partial charge on any atom is 0.369 e. The Morgan fingerprint density at radius 3 is 2.60 bits per heavy atom. The number of nitrogens with one attached hydrogen (secondary N) is 2. The number of hydrogen-bond acceptors (Lipinski definition) is 1. The van der Waals surface area contributed by atoms with Crippen LogP contribution >= 0.6 is 0 Å². The number of hydrogen-bond donors (Lipinski definition) is 2. The molecule has 1 aliphatic heterocycles. The van der Waals surface area contributed by atoms with Crippen molar-refractivity contribution in [1.82, 2.24) is 10.6 Å². The standard InChI is InChI=1S/C16H18N4/c1-20(16-17-9-4-10-18-16)19-12-13-7-8-14-5-2-3-6-15(14)11-13/h2-3,5-8,11-12H,4,9-10H2,1H3,(H,17,18)/p+1/b19-12+. The van der Waals surface area contributed by atoms with Crippen LogP contribution in [0.3, 0.4) is 0 Å². The Morgan fingerprint density at radius 2 is 1.80 bits per heavy atom. The summed E-state index contributed by atoms with van der Waals surface area (Å²) in [4.78, 5) is 0. The highest BCUT2D eigenvalue weighted by Gasteiger charge is 2.13. The van der Waals surface area contributed by atoms with Crippen LogP contribution < -0.4 is 10.6 Å². The van der Waals surface area contributed by atoms with Crippen molar-refractivity contribution in [3.8, 4) is 0 Å². The summed E-state index contributed by atoms with van der Waals surface area (Å²) in [5.74, 6) is 0.966. The molecule has 0 atom stereocenters. The molecule has 102 valence electrons. The average Bonchev–Trinajstić information content (AvgIpc) is 2.53. The Bertz CT molecular complexity index is 665. The van der Waals surface area contributed by atoms with Gasteiger partial charge in [-0.05, 0) is 22.4 Å². The fraction of sp³-hybridized carbons (Fsp3) is 0.250. The molecule has 1 aliphatic rings. The van der Waals surface area contributed by atoms with Crippen molar-refractivity contribution < 1.29 is 4.68 Å². The molecule has 0 amide bonds. The van der Waals surface area contributed by atoms with Crippen LogP contribution in [0.5, 0.6) is 0 Å². The minimum atomic E-state index is 0.966. The molecule has 0 aliphatic carbocycles. The van der Waals surface area contributed by atoms with Crippen molar-refractivity contribution in [1.29, 1.82) is 0 Å². The van der Waals surface area contributed by atoms with E-state index in [1.807, 2.05) is 17.9 Å². The maximum absolute atomic E-state index is 4.47. The van der Waals surface area contributed by atoms with Gasteiger partial charge in [-0.2, -0.15) is 0 Å². The van der Waals surface area contributed by atoms with Crippen molar-refractivity contribution >= 4 is 22.9 Å². The first-order valence-corrected chi connectivity index (χ1v) is 6.94. The van der Waals surface area contributed by atoms with E-state index in [9.17, 15) is 0 Å². The van der Waals surface area contributed by atoms with Crippen LogP contribution in [0.25, 0.3) is 10.8 Å². The quantitative estimate of drug-likeness (QED) is 0.494. The van der Waals surface area contributed by atoms with Gasteiger partial charge in [-0.3, -0.25) is 10.6 Å². The molecule has 1 fully saturated rings. The van der Waals surface area contributed by atoms with E-state index < -0.39 is 0 Å². The Hall–Kier alpha value is -2.36. The van der Waals surface area contributed by atoms with Gasteiger partial charge in [0.05, 0.1) is 26.4 Å². The first-order chi connectivity index (χ1) is 9.83.